The zero-order valence-corrected chi connectivity index (χ0v) is 5.39. The van der Waals surface area contributed by atoms with E-state index in [0.717, 1.165) is 0 Å². The number of amides is 1. The van der Waals surface area contributed by atoms with Crippen molar-refractivity contribution in [2.24, 2.45) is 0 Å². The number of hydrogen-bond acceptors (Lipinski definition) is 3. The Bertz CT molecular complexity index is 84.3. The molecule has 9 heavy (non-hydrogen) atoms. The summed E-state index contributed by atoms with van der Waals surface area (Å²) in [4.78, 5) is 10.5. The molecule has 0 spiro atoms. The molecule has 54 valence electrons. The lowest BCUT2D eigenvalue weighted by Crippen LogP contribution is -2.29. The van der Waals surface area contributed by atoms with Crippen LogP contribution in [0.15, 0.2) is 0 Å². The third-order valence-electron chi connectivity index (χ3n) is 0.709. The number of nitrogens with one attached hydrogen (secondary N) is 1. The maximum absolute atomic E-state index is 10.5. The highest BCUT2D eigenvalue weighted by Crippen LogP contribution is 1.66. The van der Waals surface area contributed by atoms with E-state index in [9.17, 15) is 4.79 Å². The van der Waals surface area contributed by atoms with E-state index in [1.54, 1.807) is 0 Å². The molecule has 0 radical (unpaired) electrons. The minimum Gasteiger partial charge on any atom is -0.395 e. The third-order valence-corrected chi connectivity index (χ3v) is 0.709. The summed E-state index contributed by atoms with van der Waals surface area (Å²) in [6.45, 7) is 0.317. The molecule has 0 atom stereocenters. The molecule has 0 aromatic rings. The molecule has 0 heterocycles. The van der Waals surface area contributed by atoms with E-state index in [1.807, 2.05) is 0 Å². The van der Waals surface area contributed by atoms with Crippen molar-refractivity contribution in [3.8, 4) is 0 Å². The van der Waals surface area contributed by atoms with E-state index in [2.05, 4.69) is 10.1 Å². The van der Waals surface area contributed by atoms with E-state index < -0.39 is 0 Å². The molecule has 0 fully saturated rings. The van der Waals surface area contributed by atoms with Gasteiger partial charge in [0.15, 0.2) is 0 Å². The molecule has 2 N–H and O–H groups in total. The lowest BCUT2D eigenvalue weighted by molar-refractivity contribution is -0.124. The molecule has 4 heteroatoms. The van der Waals surface area contributed by atoms with E-state index in [1.165, 1.54) is 7.11 Å². The fraction of sp³-hybridized carbons (Fsp3) is 0.800. The van der Waals surface area contributed by atoms with Gasteiger partial charge in [-0.3, -0.25) is 4.79 Å². The molecule has 0 unspecified atom stereocenters. The second-order valence-corrected chi connectivity index (χ2v) is 1.51. The molecule has 1 amide bonds. The fourth-order valence-corrected chi connectivity index (χ4v) is 0.377. The van der Waals surface area contributed by atoms with Crippen LogP contribution in [0, 0.1) is 0 Å². The molecular formula is C5H11NO3. The predicted molar refractivity (Wildman–Crippen MR) is 32.0 cm³/mol. The summed E-state index contributed by atoms with van der Waals surface area (Å²) in [7, 11) is 1.44. The van der Waals surface area contributed by atoms with Gasteiger partial charge in [0.1, 0.15) is 6.61 Å². The molecule has 0 aliphatic rings. The highest BCUT2D eigenvalue weighted by molar-refractivity contribution is 5.77. The number of methoxy groups -OCH3 is 1. The van der Waals surface area contributed by atoms with E-state index in [0.29, 0.717) is 6.54 Å². The maximum Gasteiger partial charge on any atom is 0.246 e. The number of carbonyl (C=O) groups excluding carboxylic acids is 1. The Balaban J connectivity index is 3.06. The van der Waals surface area contributed by atoms with Crippen LogP contribution in [0.25, 0.3) is 0 Å². The highest BCUT2D eigenvalue weighted by atomic mass is 16.5. The predicted octanol–water partition coefficient (Wildman–Crippen LogP) is -1.26. The lowest BCUT2D eigenvalue weighted by atomic mass is 10.6. The van der Waals surface area contributed by atoms with Crippen LogP contribution in [-0.4, -0.2) is 37.9 Å². The average Bonchev–Trinajstić information content (AvgIpc) is 1.85. The van der Waals surface area contributed by atoms with Crippen molar-refractivity contribution < 1.29 is 14.6 Å². The number of aliphatic hydroxyl groups is 1. The standard InChI is InChI=1S/C5H11NO3/c1-9-4-5(8)6-2-3-7/h7H,2-4H2,1H3,(H,6,8). The second-order valence-electron chi connectivity index (χ2n) is 1.51. The fourth-order valence-electron chi connectivity index (χ4n) is 0.377. The maximum atomic E-state index is 10.5. The molecule has 0 aliphatic heterocycles. The number of rotatable bonds is 4. The van der Waals surface area contributed by atoms with E-state index in [4.69, 9.17) is 5.11 Å². The van der Waals surface area contributed by atoms with Crippen LogP contribution in [0.5, 0.6) is 0 Å². The SMILES string of the molecule is COCC(=O)NCCO. The molecule has 0 aromatic carbocycles. The molecular weight excluding hydrogens is 122 g/mol. The van der Waals surface area contributed by atoms with E-state index in [-0.39, 0.29) is 19.1 Å². The van der Waals surface area contributed by atoms with Gasteiger partial charge < -0.3 is 15.2 Å². The van der Waals surface area contributed by atoms with Gasteiger partial charge >= 0.3 is 0 Å². The van der Waals surface area contributed by atoms with Gasteiger partial charge in [-0.25, -0.2) is 0 Å². The Morgan fingerprint density at radius 2 is 2.44 bits per heavy atom. The molecule has 4 nitrogen and oxygen atoms in total. The zero-order chi connectivity index (χ0) is 7.11. The Morgan fingerprint density at radius 3 is 2.89 bits per heavy atom. The number of carbonyl (C=O) groups is 1. The Morgan fingerprint density at radius 1 is 1.78 bits per heavy atom. The molecule has 0 saturated heterocycles. The Labute approximate surface area is 53.8 Å². The van der Waals surface area contributed by atoms with Gasteiger partial charge in [-0.2, -0.15) is 0 Å². The largest absolute Gasteiger partial charge is 0.395 e. The van der Waals surface area contributed by atoms with Gasteiger partial charge in [0.25, 0.3) is 0 Å². The normalized spacial score (nSPS) is 9.11. The van der Waals surface area contributed by atoms with Crippen molar-refractivity contribution in [1.29, 1.82) is 0 Å². The summed E-state index contributed by atoms with van der Waals surface area (Å²) >= 11 is 0. The first-order valence-corrected chi connectivity index (χ1v) is 2.67. The topological polar surface area (TPSA) is 58.6 Å². The minimum atomic E-state index is -0.202. The molecule has 0 aliphatic carbocycles. The number of aliphatic hydroxyl groups excluding tert-OH is 1. The summed E-state index contributed by atoms with van der Waals surface area (Å²) < 4.78 is 4.51. The van der Waals surface area contributed by atoms with Gasteiger partial charge in [-0.1, -0.05) is 0 Å². The van der Waals surface area contributed by atoms with Crippen LogP contribution in [0.2, 0.25) is 0 Å². The van der Waals surface area contributed by atoms with Crippen molar-refractivity contribution in [2.45, 2.75) is 0 Å². The van der Waals surface area contributed by atoms with Crippen molar-refractivity contribution in [3.05, 3.63) is 0 Å². The summed E-state index contributed by atoms with van der Waals surface area (Å²) in [5, 5.41) is 10.6. The molecule has 0 saturated carbocycles. The van der Waals surface area contributed by atoms with E-state index >= 15 is 0 Å². The minimum absolute atomic E-state index is 0.0323. The molecule has 0 bridgehead atoms. The van der Waals surface area contributed by atoms with Crippen molar-refractivity contribution in [2.75, 3.05) is 26.9 Å². The van der Waals surface area contributed by atoms with Crippen molar-refractivity contribution in [3.63, 3.8) is 0 Å². The summed E-state index contributed by atoms with van der Waals surface area (Å²) in [6.07, 6.45) is 0. The van der Waals surface area contributed by atoms with Crippen LogP contribution in [0.4, 0.5) is 0 Å². The quantitative estimate of drug-likeness (QED) is 0.503. The van der Waals surface area contributed by atoms with Gasteiger partial charge in [0.05, 0.1) is 6.61 Å². The second kappa shape index (κ2) is 5.53. The van der Waals surface area contributed by atoms with Crippen LogP contribution >= 0.6 is 0 Å². The summed E-state index contributed by atoms with van der Waals surface area (Å²) in [5.41, 5.74) is 0. The van der Waals surface area contributed by atoms with Gasteiger partial charge in [0, 0.05) is 13.7 Å². The molecule has 0 aromatic heterocycles. The van der Waals surface area contributed by atoms with Crippen LogP contribution in [0.3, 0.4) is 0 Å². The monoisotopic (exact) mass is 133 g/mol. The smallest absolute Gasteiger partial charge is 0.246 e. The first kappa shape index (κ1) is 8.39. The van der Waals surface area contributed by atoms with Crippen LogP contribution in [-0.2, 0) is 9.53 Å². The molecule has 0 rings (SSSR count). The van der Waals surface area contributed by atoms with Gasteiger partial charge in [0.2, 0.25) is 5.91 Å². The summed E-state index contributed by atoms with van der Waals surface area (Å²) in [5.74, 6) is -0.202. The Kier molecular flexibility index (Phi) is 5.15. The first-order chi connectivity index (χ1) is 4.31. The lowest BCUT2D eigenvalue weighted by Gasteiger charge is -1.99. The third kappa shape index (κ3) is 5.26. The number of hydrogen-bond donors (Lipinski definition) is 2. The first-order valence-electron chi connectivity index (χ1n) is 2.67. The van der Waals surface area contributed by atoms with Crippen LogP contribution < -0.4 is 5.32 Å². The Hall–Kier alpha value is -0.610. The van der Waals surface area contributed by atoms with Gasteiger partial charge in [-0.05, 0) is 0 Å². The number of ether oxygens (including phenoxy) is 1. The van der Waals surface area contributed by atoms with Crippen molar-refractivity contribution >= 4 is 5.91 Å². The van der Waals surface area contributed by atoms with Gasteiger partial charge in [-0.15, -0.1) is 0 Å². The zero-order valence-electron chi connectivity index (χ0n) is 5.39. The average molecular weight is 133 g/mol. The summed E-state index contributed by atoms with van der Waals surface area (Å²) in [6, 6.07) is 0. The van der Waals surface area contributed by atoms with Crippen LogP contribution in [0.1, 0.15) is 0 Å². The highest BCUT2D eigenvalue weighted by Gasteiger charge is 1.95. The van der Waals surface area contributed by atoms with Crippen molar-refractivity contribution in [1.82, 2.24) is 5.32 Å².